The van der Waals surface area contributed by atoms with E-state index in [1.807, 2.05) is 12.1 Å². The van der Waals surface area contributed by atoms with Gasteiger partial charge in [-0.25, -0.2) is 4.79 Å². The zero-order chi connectivity index (χ0) is 14.6. The van der Waals surface area contributed by atoms with E-state index >= 15 is 0 Å². The van der Waals surface area contributed by atoms with Crippen LogP contribution < -0.4 is 5.32 Å². The molecular weight excluding hydrogens is 258 g/mol. The van der Waals surface area contributed by atoms with E-state index in [0.717, 1.165) is 5.56 Å². The zero-order valence-electron chi connectivity index (χ0n) is 11.6. The lowest BCUT2D eigenvalue weighted by molar-refractivity contribution is 0.0522. The number of hydrogen-bond donors (Lipinski definition) is 1. The minimum absolute atomic E-state index is 0.150. The number of rotatable bonds is 3. The van der Waals surface area contributed by atoms with Crippen LogP contribution in [0.25, 0.3) is 11.5 Å². The lowest BCUT2D eigenvalue weighted by Gasteiger charge is -2.19. The summed E-state index contributed by atoms with van der Waals surface area (Å²) >= 11 is 0. The average molecular weight is 274 g/mol. The number of ether oxygens (including phenoxy) is 1. The second kappa shape index (κ2) is 5.73. The van der Waals surface area contributed by atoms with Crippen molar-refractivity contribution in [3.05, 3.63) is 36.2 Å². The number of alkyl carbamates (subject to hydrolysis) is 1. The molecular formula is C14H16N3O3. The molecule has 0 aliphatic heterocycles. The molecule has 0 aliphatic carbocycles. The molecule has 2 rings (SSSR count). The maximum absolute atomic E-state index is 11.5. The van der Waals surface area contributed by atoms with Gasteiger partial charge in [-0.1, -0.05) is 17.3 Å². The van der Waals surface area contributed by atoms with Crippen molar-refractivity contribution >= 4 is 6.09 Å². The molecule has 2 aromatic rings. The minimum Gasteiger partial charge on any atom is -0.444 e. The van der Waals surface area contributed by atoms with Crippen LogP contribution in [0.2, 0.25) is 0 Å². The first-order valence-electron chi connectivity index (χ1n) is 6.20. The van der Waals surface area contributed by atoms with Crippen LogP contribution in [0, 0.1) is 6.07 Å². The summed E-state index contributed by atoms with van der Waals surface area (Å²) in [6.07, 6.45) is -0.516. The number of aromatic nitrogens is 2. The smallest absolute Gasteiger partial charge is 0.408 e. The average Bonchev–Trinajstić information content (AvgIpc) is 2.84. The van der Waals surface area contributed by atoms with Gasteiger partial charge in [0.1, 0.15) is 5.60 Å². The Balaban J connectivity index is 1.92. The lowest BCUT2D eigenvalue weighted by Crippen LogP contribution is -2.32. The molecule has 0 bridgehead atoms. The van der Waals surface area contributed by atoms with Gasteiger partial charge >= 0.3 is 6.09 Å². The van der Waals surface area contributed by atoms with Crippen molar-refractivity contribution in [2.45, 2.75) is 32.9 Å². The fraction of sp³-hybridized carbons (Fsp3) is 0.357. The third-order valence-electron chi connectivity index (χ3n) is 2.22. The number of amides is 1. The van der Waals surface area contributed by atoms with Crippen LogP contribution in [0.3, 0.4) is 0 Å². The van der Waals surface area contributed by atoms with Gasteiger partial charge in [-0.15, -0.1) is 0 Å². The maximum atomic E-state index is 11.5. The largest absolute Gasteiger partial charge is 0.444 e. The molecule has 1 aromatic heterocycles. The molecule has 0 saturated heterocycles. The summed E-state index contributed by atoms with van der Waals surface area (Å²) in [7, 11) is 0. The van der Waals surface area contributed by atoms with E-state index in [9.17, 15) is 4.79 Å². The van der Waals surface area contributed by atoms with Crippen LogP contribution in [0.1, 0.15) is 26.6 Å². The van der Waals surface area contributed by atoms with Crippen molar-refractivity contribution in [1.29, 1.82) is 0 Å². The van der Waals surface area contributed by atoms with Crippen LogP contribution >= 0.6 is 0 Å². The number of nitrogens with one attached hydrogen (secondary N) is 1. The van der Waals surface area contributed by atoms with Gasteiger partial charge in [0, 0.05) is 5.56 Å². The number of benzene rings is 1. The molecule has 0 aliphatic rings. The monoisotopic (exact) mass is 274 g/mol. The quantitative estimate of drug-likeness (QED) is 0.930. The summed E-state index contributed by atoms with van der Waals surface area (Å²) < 4.78 is 10.2. The maximum Gasteiger partial charge on any atom is 0.408 e. The van der Waals surface area contributed by atoms with E-state index < -0.39 is 11.7 Å². The second-order valence-corrected chi connectivity index (χ2v) is 5.16. The van der Waals surface area contributed by atoms with Crippen LogP contribution in [-0.4, -0.2) is 21.8 Å². The predicted octanol–water partition coefficient (Wildman–Crippen LogP) is 2.56. The topological polar surface area (TPSA) is 77.2 Å². The molecule has 1 aromatic carbocycles. The summed E-state index contributed by atoms with van der Waals surface area (Å²) in [5.41, 5.74) is 0.271. The van der Waals surface area contributed by atoms with Gasteiger partial charge < -0.3 is 14.6 Å². The standard InChI is InChI=1S/C14H16N3O3/c1-14(2,3)19-13(18)15-9-11-16-12(20-17-11)10-7-5-4-6-8-10/h5-8H,9H2,1-3H3,(H,15,18). The fourth-order valence-corrected chi connectivity index (χ4v) is 1.44. The molecule has 105 valence electrons. The van der Waals surface area contributed by atoms with Crippen molar-refractivity contribution in [3.8, 4) is 11.5 Å². The van der Waals surface area contributed by atoms with Gasteiger partial charge in [-0.05, 0) is 39.0 Å². The molecule has 0 saturated carbocycles. The lowest BCUT2D eigenvalue weighted by atomic mass is 10.2. The van der Waals surface area contributed by atoms with Crippen LogP contribution in [0.4, 0.5) is 4.79 Å². The SMILES string of the molecule is CC(C)(C)OC(=O)NCc1noc(-c2cc[c]cc2)n1. The van der Waals surface area contributed by atoms with Gasteiger partial charge in [0.2, 0.25) is 0 Å². The Morgan fingerprint density at radius 2 is 2.10 bits per heavy atom. The first-order valence-corrected chi connectivity index (χ1v) is 6.20. The summed E-state index contributed by atoms with van der Waals surface area (Å²) in [4.78, 5) is 15.7. The van der Waals surface area contributed by atoms with Crippen LogP contribution in [0.15, 0.2) is 28.8 Å². The highest BCUT2D eigenvalue weighted by atomic mass is 16.6. The van der Waals surface area contributed by atoms with Gasteiger partial charge in [-0.3, -0.25) is 0 Å². The Labute approximate surface area is 117 Å². The van der Waals surface area contributed by atoms with Gasteiger partial charge in [0.15, 0.2) is 5.82 Å². The highest BCUT2D eigenvalue weighted by molar-refractivity contribution is 5.67. The van der Waals surface area contributed by atoms with Gasteiger partial charge in [-0.2, -0.15) is 4.98 Å². The molecule has 1 radical (unpaired) electrons. The Morgan fingerprint density at radius 1 is 1.40 bits per heavy atom. The highest BCUT2D eigenvalue weighted by Crippen LogP contribution is 2.15. The molecule has 0 atom stereocenters. The molecule has 6 heteroatoms. The van der Waals surface area contributed by atoms with E-state index in [-0.39, 0.29) is 6.54 Å². The number of carbonyl (C=O) groups excluding carboxylic acids is 1. The van der Waals surface area contributed by atoms with Crippen molar-refractivity contribution in [1.82, 2.24) is 15.5 Å². The third kappa shape index (κ3) is 4.08. The number of nitrogens with zero attached hydrogens (tertiary/aromatic N) is 2. The highest BCUT2D eigenvalue weighted by Gasteiger charge is 2.16. The fourth-order valence-electron chi connectivity index (χ4n) is 1.44. The second-order valence-electron chi connectivity index (χ2n) is 5.16. The molecule has 0 fully saturated rings. The van der Waals surface area contributed by atoms with Crippen LogP contribution in [0.5, 0.6) is 0 Å². The van der Waals surface area contributed by atoms with Gasteiger partial charge in [0.05, 0.1) is 6.54 Å². The van der Waals surface area contributed by atoms with E-state index in [4.69, 9.17) is 9.26 Å². The molecule has 20 heavy (non-hydrogen) atoms. The predicted molar refractivity (Wildman–Crippen MR) is 71.6 cm³/mol. The summed E-state index contributed by atoms with van der Waals surface area (Å²) in [5.74, 6) is 0.790. The first-order chi connectivity index (χ1) is 9.44. The Morgan fingerprint density at radius 3 is 2.75 bits per heavy atom. The van der Waals surface area contributed by atoms with Crippen LogP contribution in [-0.2, 0) is 11.3 Å². The molecule has 0 unspecified atom stereocenters. The molecule has 6 nitrogen and oxygen atoms in total. The molecule has 1 heterocycles. The first kappa shape index (κ1) is 14.0. The van der Waals surface area contributed by atoms with E-state index in [1.165, 1.54) is 0 Å². The third-order valence-corrected chi connectivity index (χ3v) is 2.22. The van der Waals surface area contributed by atoms with E-state index in [1.54, 1.807) is 32.9 Å². The van der Waals surface area contributed by atoms with Crippen molar-refractivity contribution < 1.29 is 14.1 Å². The van der Waals surface area contributed by atoms with E-state index in [2.05, 4.69) is 21.5 Å². The Hall–Kier alpha value is -2.37. The molecule has 0 spiro atoms. The van der Waals surface area contributed by atoms with Crippen molar-refractivity contribution in [3.63, 3.8) is 0 Å². The molecule has 1 amide bonds. The summed E-state index contributed by atoms with van der Waals surface area (Å²) in [6.45, 7) is 5.54. The Bertz CT molecular complexity index is 573. The van der Waals surface area contributed by atoms with Gasteiger partial charge in [0.25, 0.3) is 5.89 Å². The summed E-state index contributed by atoms with van der Waals surface area (Å²) in [5, 5.41) is 6.36. The zero-order valence-corrected chi connectivity index (χ0v) is 11.6. The van der Waals surface area contributed by atoms with E-state index in [0.29, 0.717) is 11.7 Å². The summed E-state index contributed by atoms with van der Waals surface area (Å²) in [6, 6.07) is 10.1. The number of carbonyl (C=O) groups is 1. The molecule has 1 N–H and O–H groups in total. The van der Waals surface area contributed by atoms with Crippen molar-refractivity contribution in [2.75, 3.05) is 0 Å². The number of hydrogen-bond acceptors (Lipinski definition) is 5. The van der Waals surface area contributed by atoms with Crippen molar-refractivity contribution in [2.24, 2.45) is 0 Å². The Kier molecular flexibility index (Phi) is 4.02. The normalized spacial score (nSPS) is 11.2. The minimum atomic E-state index is -0.535.